The van der Waals surface area contributed by atoms with E-state index in [0.29, 0.717) is 14.4 Å². The normalized spacial score (nSPS) is 14.8. The summed E-state index contributed by atoms with van der Waals surface area (Å²) in [5, 5.41) is 0. The third-order valence-corrected chi connectivity index (χ3v) is 2.28. The Hall–Kier alpha value is -0.0600. The Morgan fingerprint density at radius 3 is 2.75 bits per heavy atom. The fourth-order valence-corrected chi connectivity index (χ4v) is 1.64. The van der Waals surface area contributed by atoms with E-state index in [1.807, 2.05) is 6.92 Å². The Labute approximate surface area is 79.0 Å². The predicted molar refractivity (Wildman–Crippen MR) is 59.0 cm³/mol. The molecule has 0 fully saturated rings. The van der Waals surface area contributed by atoms with Crippen molar-refractivity contribution in [3.63, 3.8) is 0 Å². The molecular weight excluding hydrogens is 186 g/mol. The Balaban J connectivity index is 3.92. The van der Waals surface area contributed by atoms with Gasteiger partial charge in [-0.3, -0.25) is 0 Å². The van der Waals surface area contributed by atoms with Gasteiger partial charge in [0.05, 0.1) is 0 Å². The molecule has 0 aromatic carbocycles. The highest BCUT2D eigenvalue weighted by Gasteiger charge is 2.12. The molecule has 0 aliphatic rings. The van der Waals surface area contributed by atoms with Crippen molar-refractivity contribution in [2.24, 2.45) is 5.92 Å². The molecule has 0 aromatic rings. The molecule has 0 spiro atoms. The molecule has 0 radical (unpaired) electrons. The van der Waals surface area contributed by atoms with Gasteiger partial charge in [0.2, 0.25) is 0 Å². The second-order valence-electron chi connectivity index (χ2n) is 2.43. The van der Waals surface area contributed by atoms with Crippen molar-refractivity contribution in [3.05, 3.63) is 0 Å². The highest BCUT2D eigenvalue weighted by atomic mass is 32.0. The lowest BCUT2D eigenvalue weighted by Gasteiger charge is -2.15. The van der Waals surface area contributed by atoms with Crippen molar-refractivity contribution >= 4 is 17.4 Å². The summed E-state index contributed by atoms with van der Waals surface area (Å²) < 4.78 is 5.34. The lowest BCUT2D eigenvalue weighted by Crippen LogP contribution is -2.15. The molecule has 0 amide bonds. The topological polar surface area (TPSA) is 9.23 Å². The molecule has 0 aromatic heterocycles. The first kappa shape index (κ1) is 11.9. The minimum Gasteiger partial charge on any atom is -0.342 e. The van der Waals surface area contributed by atoms with E-state index in [1.165, 1.54) is 0 Å². The van der Waals surface area contributed by atoms with Crippen molar-refractivity contribution in [2.45, 2.75) is 26.4 Å². The van der Waals surface area contributed by atoms with Gasteiger partial charge >= 0.3 is 0 Å². The zero-order valence-corrected chi connectivity index (χ0v) is 9.58. The van der Waals surface area contributed by atoms with Crippen LogP contribution in [0.2, 0.25) is 0 Å². The van der Waals surface area contributed by atoms with Crippen LogP contribution in [-0.2, 0) is 4.52 Å². The predicted octanol–water partition coefficient (Wildman–Crippen LogP) is 2.44. The molecule has 0 aliphatic heterocycles. The first-order chi connectivity index (χ1) is 5.76. The minimum atomic E-state index is -0.0957. The Morgan fingerprint density at radius 1 is 1.67 bits per heavy atom. The second kappa shape index (κ2) is 7.58. The molecule has 4 atom stereocenters. The Kier molecular flexibility index (Phi) is 7.54. The summed E-state index contributed by atoms with van der Waals surface area (Å²) in [6, 6.07) is 0. The van der Waals surface area contributed by atoms with Crippen LogP contribution in [0.4, 0.5) is 0 Å². The SMILES string of the molecule is C#CC(OPP)C(C)CC#CC. The summed E-state index contributed by atoms with van der Waals surface area (Å²) in [4.78, 5) is 0. The Bertz CT molecular complexity index is 209. The highest BCUT2D eigenvalue weighted by molar-refractivity contribution is 8.00. The quantitative estimate of drug-likeness (QED) is 0.500. The highest BCUT2D eigenvalue weighted by Crippen LogP contribution is 2.27. The monoisotopic (exact) mass is 200 g/mol. The molecule has 0 saturated heterocycles. The van der Waals surface area contributed by atoms with Crippen LogP contribution in [0.1, 0.15) is 20.3 Å². The largest absolute Gasteiger partial charge is 0.342 e. The number of hydrogen-bond acceptors (Lipinski definition) is 1. The maximum absolute atomic E-state index is 5.34. The summed E-state index contributed by atoms with van der Waals surface area (Å²) in [7, 11) is 2.89. The van der Waals surface area contributed by atoms with E-state index < -0.39 is 0 Å². The average molecular weight is 200 g/mol. The van der Waals surface area contributed by atoms with Gasteiger partial charge in [-0.15, -0.1) is 18.3 Å². The molecule has 0 rings (SSSR count). The van der Waals surface area contributed by atoms with E-state index in [-0.39, 0.29) is 6.10 Å². The molecule has 1 nitrogen and oxygen atoms in total. The van der Waals surface area contributed by atoms with E-state index in [2.05, 4.69) is 33.6 Å². The molecule has 66 valence electrons. The third kappa shape index (κ3) is 4.74. The fourth-order valence-electron chi connectivity index (χ4n) is 0.758. The van der Waals surface area contributed by atoms with Crippen molar-refractivity contribution < 1.29 is 4.52 Å². The second-order valence-corrected chi connectivity index (χ2v) is 3.61. The molecule has 12 heavy (non-hydrogen) atoms. The van der Waals surface area contributed by atoms with Crippen molar-refractivity contribution in [1.29, 1.82) is 0 Å². The van der Waals surface area contributed by atoms with E-state index in [1.54, 1.807) is 0 Å². The Morgan fingerprint density at radius 2 is 2.33 bits per heavy atom. The molecule has 0 bridgehead atoms. The van der Waals surface area contributed by atoms with Gasteiger partial charge in [-0.2, -0.15) is 0 Å². The van der Waals surface area contributed by atoms with Crippen LogP contribution in [0.15, 0.2) is 0 Å². The lowest BCUT2D eigenvalue weighted by molar-refractivity contribution is 0.232. The lowest BCUT2D eigenvalue weighted by atomic mass is 10.0. The van der Waals surface area contributed by atoms with Crippen LogP contribution in [0.3, 0.4) is 0 Å². The number of rotatable bonds is 4. The van der Waals surface area contributed by atoms with Gasteiger partial charge in [-0.25, -0.2) is 0 Å². The fraction of sp³-hybridized carbons (Fsp3) is 0.556. The van der Waals surface area contributed by atoms with Gasteiger partial charge in [-0.1, -0.05) is 21.8 Å². The van der Waals surface area contributed by atoms with Crippen LogP contribution in [0.25, 0.3) is 0 Å². The van der Waals surface area contributed by atoms with E-state index in [4.69, 9.17) is 10.9 Å². The summed E-state index contributed by atoms with van der Waals surface area (Å²) in [6.07, 6.45) is 6.01. The van der Waals surface area contributed by atoms with Crippen LogP contribution in [0.5, 0.6) is 0 Å². The molecule has 4 unspecified atom stereocenters. The minimum absolute atomic E-state index is 0.0957. The smallest absolute Gasteiger partial charge is 0.125 e. The van der Waals surface area contributed by atoms with Gasteiger partial charge in [0.1, 0.15) is 6.10 Å². The van der Waals surface area contributed by atoms with Crippen molar-refractivity contribution in [2.75, 3.05) is 0 Å². The third-order valence-electron chi connectivity index (χ3n) is 1.48. The average Bonchev–Trinajstić information content (AvgIpc) is 2.10. The number of hydrogen-bond donors (Lipinski definition) is 0. The molecule has 0 aliphatic carbocycles. The van der Waals surface area contributed by atoms with Crippen LogP contribution >= 0.6 is 17.4 Å². The molecule has 0 saturated carbocycles. The van der Waals surface area contributed by atoms with E-state index in [9.17, 15) is 0 Å². The zero-order chi connectivity index (χ0) is 9.40. The first-order valence-corrected chi connectivity index (χ1v) is 6.45. The van der Waals surface area contributed by atoms with Gasteiger partial charge < -0.3 is 4.52 Å². The number of terminal acetylenes is 1. The molecule has 0 N–H and O–H groups in total. The van der Waals surface area contributed by atoms with Crippen LogP contribution < -0.4 is 0 Å². The molecule has 3 heteroatoms. The van der Waals surface area contributed by atoms with Gasteiger partial charge in [0, 0.05) is 20.8 Å². The zero-order valence-electron chi connectivity index (χ0n) is 7.42. The molecular formula is C9H14OP2. The first-order valence-electron chi connectivity index (χ1n) is 3.73. The summed E-state index contributed by atoms with van der Waals surface area (Å²) >= 11 is 0. The van der Waals surface area contributed by atoms with Crippen molar-refractivity contribution in [1.82, 2.24) is 0 Å². The van der Waals surface area contributed by atoms with E-state index >= 15 is 0 Å². The van der Waals surface area contributed by atoms with Crippen LogP contribution in [0, 0.1) is 30.1 Å². The maximum Gasteiger partial charge on any atom is 0.125 e. The summed E-state index contributed by atoms with van der Waals surface area (Å²) in [6.45, 7) is 3.88. The summed E-state index contributed by atoms with van der Waals surface area (Å²) in [5.74, 6) is 8.77. The van der Waals surface area contributed by atoms with E-state index in [0.717, 1.165) is 6.42 Å². The van der Waals surface area contributed by atoms with Gasteiger partial charge in [-0.05, 0) is 6.92 Å². The summed E-state index contributed by atoms with van der Waals surface area (Å²) in [5.41, 5.74) is 0. The maximum atomic E-state index is 5.34. The van der Waals surface area contributed by atoms with Crippen molar-refractivity contribution in [3.8, 4) is 24.2 Å². The van der Waals surface area contributed by atoms with Gasteiger partial charge in [0.15, 0.2) is 0 Å². The van der Waals surface area contributed by atoms with Crippen LogP contribution in [-0.4, -0.2) is 6.10 Å². The standard InChI is InChI=1S/C9H14OP2/c1-4-6-7-8(3)9(5-2)10-12-11/h2,8-9,12H,7,11H2,1,3H3. The van der Waals surface area contributed by atoms with Gasteiger partial charge in [0.25, 0.3) is 0 Å². The molecule has 0 heterocycles.